The van der Waals surface area contributed by atoms with E-state index >= 15 is 0 Å². The minimum absolute atomic E-state index is 1.21. The molecule has 0 bridgehead atoms. The van der Waals surface area contributed by atoms with Gasteiger partial charge in [0.2, 0.25) is 0 Å². The van der Waals surface area contributed by atoms with Gasteiger partial charge in [0.15, 0.2) is 0 Å². The molecule has 0 spiro atoms. The molecule has 10 aromatic rings. The molecule has 0 unspecified atom stereocenters. The topological polar surface area (TPSA) is 0 Å². The van der Waals surface area contributed by atoms with Crippen molar-refractivity contribution in [1.29, 1.82) is 0 Å². The van der Waals surface area contributed by atoms with Gasteiger partial charge in [-0.3, -0.25) is 0 Å². The third-order valence-electron chi connectivity index (χ3n) is 10.9. The Morgan fingerprint density at radius 2 is 0.500 bits per heavy atom. The van der Waals surface area contributed by atoms with Gasteiger partial charge in [-0.25, -0.2) is 0 Å². The van der Waals surface area contributed by atoms with Crippen LogP contribution in [0.1, 0.15) is 0 Å². The first-order valence-corrected chi connectivity index (χ1v) is 18.7. The number of hydrogen-bond donors (Lipinski definition) is 0. The third kappa shape index (κ3) is 5.75. The number of fused-ring (bicyclic) bond motifs is 3. The van der Waals surface area contributed by atoms with E-state index in [0.29, 0.717) is 0 Å². The maximum absolute atomic E-state index is 2.42. The Labute approximate surface area is 316 Å². The average Bonchev–Trinajstić information content (AvgIpc) is 3.26. The van der Waals surface area contributed by atoms with E-state index in [9.17, 15) is 0 Å². The van der Waals surface area contributed by atoms with Gasteiger partial charge in [-0.2, -0.15) is 0 Å². The summed E-state index contributed by atoms with van der Waals surface area (Å²) in [5.74, 6) is 0. The van der Waals surface area contributed by atoms with Crippen molar-refractivity contribution in [1.82, 2.24) is 0 Å². The van der Waals surface area contributed by atoms with E-state index in [1.807, 2.05) is 0 Å². The standard InChI is InChI=1S/C54H36/c1-4-12-37(13-5-1)40-20-24-42(25-21-40)46-31-33-50-51(35-46)53(44-17-8-3-9-18-44)49-32-30-47(43-26-22-41(23-27-43)38-14-6-2-7-15-38)36-52(49)54(50)48-29-28-39-16-10-11-19-45(39)34-48/h1-36H. The molecule has 0 saturated carbocycles. The van der Waals surface area contributed by atoms with Crippen LogP contribution in [-0.2, 0) is 0 Å². The maximum Gasteiger partial charge on any atom is -0.00259 e. The van der Waals surface area contributed by atoms with Gasteiger partial charge >= 0.3 is 0 Å². The molecular formula is C54H36. The molecule has 0 nitrogen and oxygen atoms in total. The van der Waals surface area contributed by atoms with Crippen molar-refractivity contribution in [2.75, 3.05) is 0 Å². The minimum atomic E-state index is 1.21. The fourth-order valence-corrected chi connectivity index (χ4v) is 8.13. The summed E-state index contributed by atoms with van der Waals surface area (Å²) in [5, 5.41) is 7.49. The van der Waals surface area contributed by atoms with Gasteiger partial charge in [0.1, 0.15) is 0 Å². The smallest absolute Gasteiger partial charge is 0.00259 e. The molecule has 0 radical (unpaired) electrons. The van der Waals surface area contributed by atoms with E-state index in [0.717, 1.165) is 0 Å². The molecule has 10 aromatic carbocycles. The van der Waals surface area contributed by atoms with Crippen molar-refractivity contribution < 1.29 is 0 Å². The van der Waals surface area contributed by atoms with Crippen LogP contribution in [0, 0.1) is 0 Å². The SMILES string of the molecule is c1ccc(-c2ccc(-c3ccc4c(-c5ccc6ccccc6c5)c5cc(-c6ccc(-c7ccccc7)cc6)ccc5c(-c5ccccc5)c4c3)cc2)cc1. The van der Waals surface area contributed by atoms with Gasteiger partial charge in [-0.1, -0.05) is 200 Å². The zero-order valence-corrected chi connectivity index (χ0v) is 29.8. The first-order chi connectivity index (χ1) is 26.8. The Bertz CT molecular complexity index is 2920. The van der Waals surface area contributed by atoms with Crippen LogP contribution < -0.4 is 0 Å². The van der Waals surface area contributed by atoms with Crippen LogP contribution in [0.4, 0.5) is 0 Å². The molecule has 0 heterocycles. The Kier molecular flexibility index (Phi) is 7.93. The van der Waals surface area contributed by atoms with Crippen molar-refractivity contribution >= 4 is 32.3 Å². The van der Waals surface area contributed by atoms with E-state index in [-0.39, 0.29) is 0 Å². The second-order valence-corrected chi connectivity index (χ2v) is 14.1. The summed E-state index contributed by atoms with van der Waals surface area (Å²) in [5.41, 5.74) is 14.7. The highest BCUT2D eigenvalue weighted by atomic mass is 14.2. The molecule has 10 rings (SSSR count). The van der Waals surface area contributed by atoms with Crippen LogP contribution in [0.5, 0.6) is 0 Å². The van der Waals surface area contributed by atoms with E-state index in [1.165, 1.54) is 99.1 Å². The maximum atomic E-state index is 2.42. The van der Waals surface area contributed by atoms with Gasteiger partial charge in [-0.15, -0.1) is 0 Å². The zero-order chi connectivity index (χ0) is 35.8. The van der Waals surface area contributed by atoms with Crippen LogP contribution in [-0.4, -0.2) is 0 Å². The minimum Gasteiger partial charge on any atom is -0.0622 e. The summed E-state index contributed by atoms with van der Waals surface area (Å²) < 4.78 is 0. The Morgan fingerprint density at radius 3 is 0.981 bits per heavy atom. The predicted octanol–water partition coefficient (Wildman–Crippen LogP) is 15.1. The van der Waals surface area contributed by atoms with Gasteiger partial charge < -0.3 is 0 Å². The Balaban J connectivity index is 1.21. The second kappa shape index (κ2) is 13.5. The Morgan fingerprint density at radius 1 is 0.167 bits per heavy atom. The predicted molar refractivity (Wildman–Crippen MR) is 232 cm³/mol. The normalized spacial score (nSPS) is 11.3. The molecule has 0 saturated heterocycles. The zero-order valence-electron chi connectivity index (χ0n) is 29.8. The summed E-state index contributed by atoms with van der Waals surface area (Å²) in [6.07, 6.45) is 0. The quantitative estimate of drug-likeness (QED) is 0.153. The van der Waals surface area contributed by atoms with Crippen molar-refractivity contribution in [3.8, 4) is 66.8 Å². The molecule has 0 aromatic heterocycles. The van der Waals surface area contributed by atoms with Crippen molar-refractivity contribution in [3.63, 3.8) is 0 Å². The summed E-state index contributed by atoms with van der Waals surface area (Å²) in [6.45, 7) is 0. The molecule has 0 N–H and O–H groups in total. The van der Waals surface area contributed by atoms with Gasteiger partial charge in [0.25, 0.3) is 0 Å². The lowest BCUT2D eigenvalue weighted by molar-refractivity contribution is 1.59. The average molecular weight is 685 g/mol. The highest BCUT2D eigenvalue weighted by Gasteiger charge is 2.19. The molecule has 0 fully saturated rings. The first kappa shape index (κ1) is 31.7. The number of benzene rings is 10. The molecule has 0 aliphatic carbocycles. The van der Waals surface area contributed by atoms with Crippen molar-refractivity contribution in [2.45, 2.75) is 0 Å². The third-order valence-corrected chi connectivity index (χ3v) is 10.9. The van der Waals surface area contributed by atoms with Gasteiger partial charge in [-0.05, 0) is 117 Å². The van der Waals surface area contributed by atoms with Crippen LogP contribution >= 0.6 is 0 Å². The van der Waals surface area contributed by atoms with E-state index in [4.69, 9.17) is 0 Å². The van der Waals surface area contributed by atoms with Crippen molar-refractivity contribution in [3.05, 3.63) is 218 Å². The van der Waals surface area contributed by atoms with Crippen LogP contribution in [0.15, 0.2) is 218 Å². The monoisotopic (exact) mass is 684 g/mol. The lowest BCUT2D eigenvalue weighted by atomic mass is 9.83. The molecule has 0 amide bonds. The molecule has 54 heavy (non-hydrogen) atoms. The molecule has 0 aliphatic heterocycles. The summed E-state index contributed by atoms with van der Waals surface area (Å²) in [7, 11) is 0. The summed E-state index contributed by atoms with van der Waals surface area (Å²) in [4.78, 5) is 0. The molecule has 0 aliphatic rings. The van der Waals surface area contributed by atoms with E-state index in [1.54, 1.807) is 0 Å². The lowest BCUT2D eigenvalue weighted by Crippen LogP contribution is -1.93. The highest BCUT2D eigenvalue weighted by Crippen LogP contribution is 2.46. The van der Waals surface area contributed by atoms with Crippen LogP contribution in [0.3, 0.4) is 0 Å². The van der Waals surface area contributed by atoms with Gasteiger partial charge in [0.05, 0.1) is 0 Å². The van der Waals surface area contributed by atoms with Crippen LogP contribution in [0.2, 0.25) is 0 Å². The van der Waals surface area contributed by atoms with E-state index < -0.39 is 0 Å². The molecular weight excluding hydrogens is 649 g/mol. The molecule has 252 valence electrons. The van der Waals surface area contributed by atoms with Gasteiger partial charge in [0, 0.05) is 0 Å². The lowest BCUT2D eigenvalue weighted by Gasteiger charge is -2.20. The Hall–Kier alpha value is -7.02. The van der Waals surface area contributed by atoms with Crippen molar-refractivity contribution in [2.24, 2.45) is 0 Å². The highest BCUT2D eigenvalue weighted by molar-refractivity contribution is 6.22. The summed E-state index contributed by atoms with van der Waals surface area (Å²) >= 11 is 0. The fourth-order valence-electron chi connectivity index (χ4n) is 8.13. The fraction of sp³-hybridized carbons (Fsp3) is 0. The first-order valence-electron chi connectivity index (χ1n) is 18.7. The number of hydrogen-bond acceptors (Lipinski definition) is 0. The second-order valence-electron chi connectivity index (χ2n) is 14.1. The molecule has 0 atom stereocenters. The number of rotatable bonds is 6. The summed E-state index contributed by atoms with van der Waals surface area (Å²) in [6, 6.07) is 79.8. The molecule has 0 heteroatoms. The largest absolute Gasteiger partial charge is 0.0622 e. The van der Waals surface area contributed by atoms with E-state index in [2.05, 4.69) is 218 Å². The van der Waals surface area contributed by atoms with Crippen LogP contribution in [0.25, 0.3) is 99.1 Å².